The number of aromatic carboxylic acids is 1. The van der Waals surface area contributed by atoms with Gasteiger partial charge in [0.2, 0.25) is 0 Å². The summed E-state index contributed by atoms with van der Waals surface area (Å²) in [5.41, 5.74) is 2.43. The summed E-state index contributed by atoms with van der Waals surface area (Å²) in [5.74, 6) is -0.365. The molecule has 0 aliphatic heterocycles. The molecule has 0 radical (unpaired) electrons. The van der Waals surface area contributed by atoms with Gasteiger partial charge >= 0.3 is 5.97 Å². The third-order valence-electron chi connectivity index (χ3n) is 3.62. The second-order valence-corrected chi connectivity index (χ2v) is 5.89. The molecule has 0 fully saturated rings. The van der Waals surface area contributed by atoms with Crippen molar-refractivity contribution >= 4 is 16.7 Å². The van der Waals surface area contributed by atoms with E-state index < -0.39 is 5.97 Å². The predicted molar refractivity (Wildman–Crippen MR) is 87.0 cm³/mol. The highest BCUT2D eigenvalue weighted by atomic mass is 16.4. The van der Waals surface area contributed by atoms with Crippen molar-refractivity contribution in [2.45, 2.75) is 20.4 Å². The number of aromatic nitrogens is 2. The molecule has 0 aliphatic carbocycles. The summed E-state index contributed by atoms with van der Waals surface area (Å²) in [7, 11) is 0. The number of carboxylic acids is 1. The van der Waals surface area contributed by atoms with Gasteiger partial charge in [0, 0.05) is 18.3 Å². The molecule has 0 saturated carbocycles. The molecule has 4 nitrogen and oxygen atoms in total. The van der Waals surface area contributed by atoms with Crippen LogP contribution in [0.5, 0.6) is 0 Å². The first-order valence-corrected chi connectivity index (χ1v) is 7.33. The van der Waals surface area contributed by atoms with Gasteiger partial charge in [-0.2, -0.15) is 5.10 Å². The Labute approximate surface area is 129 Å². The minimum absolute atomic E-state index is 0.306. The third-order valence-corrected chi connectivity index (χ3v) is 3.62. The molecule has 0 unspecified atom stereocenters. The lowest BCUT2D eigenvalue weighted by molar-refractivity contribution is 0.0697. The smallest absolute Gasteiger partial charge is 0.335 e. The molecule has 1 aromatic heterocycles. The molecule has 3 aromatic rings. The zero-order valence-corrected chi connectivity index (χ0v) is 12.7. The van der Waals surface area contributed by atoms with Crippen LogP contribution in [0.3, 0.4) is 0 Å². The van der Waals surface area contributed by atoms with Crippen LogP contribution in [0.2, 0.25) is 0 Å². The molecule has 4 heteroatoms. The lowest BCUT2D eigenvalue weighted by atomic mass is 9.99. The molecule has 0 amide bonds. The van der Waals surface area contributed by atoms with E-state index in [1.165, 1.54) is 0 Å². The SMILES string of the molecule is CC(C)Cn1cc(-c2cccc3cc(C(=O)O)ccc23)cn1. The fourth-order valence-corrected chi connectivity index (χ4v) is 2.65. The van der Waals surface area contributed by atoms with Crippen molar-refractivity contribution in [1.29, 1.82) is 0 Å². The monoisotopic (exact) mass is 294 g/mol. The normalized spacial score (nSPS) is 11.2. The van der Waals surface area contributed by atoms with Crippen LogP contribution < -0.4 is 0 Å². The molecule has 1 heterocycles. The van der Waals surface area contributed by atoms with E-state index in [-0.39, 0.29) is 0 Å². The highest BCUT2D eigenvalue weighted by Gasteiger charge is 2.09. The highest BCUT2D eigenvalue weighted by molar-refractivity contribution is 6.00. The van der Waals surface area contributed by atoms with Crippen LogP contribution >= 0.6 is 0 Å². The molecular formula is C18H18N2O2. The molecule has 2 aromatic carbocycles. The average Bonchev–Trinajstić information content (AvgIpc) is 2.93. The number of fused-ring (bicyclic) bond motifs is 1. The van der Waals surface area contributed by atoms with E-state index in [2.05, 4.69) is 18.9 Å². The number of carboxylic acid groups (broad SMARTS) is 1. The Balaban J connectivity index is 2.07. The van der Waals surface area contributed by atoms with E-state index in [0.717, 1.165) is 28.4 Å². The molecule has 0 bridgehead atoms. The molecular weight excluding hydrogens is 276 g/mol. The van der Waals surface area contributed by atoms with Gasteiger partial charge in [0.1, 0.15) is 0 Å². The summed E-state index contributed by atoms with van der Waals surface area (Å²) in [4.78, 5) is 11.1. The van der Waals surface area contributed by atoms with Crippen molar-refractivity contribution < 1.29 is 9.90 Å². The maximum absolute atomic E-state index is 11.1. The maximum Gasteiger partial charge on any atom is 0.335 e. The Bertz CT molecular complexity index is 834. The summed E-state index contributed by atoms with van der Waals surface area (Å²) in [6.07, 6.45) is 3.90. The summed E-state index contributed by atoms with van der Waals surface area (Å²) in [5, 5.41) is 15.5. The van der Waals surface area contributed by atoms with Crippen molar-refractivity contribution in [3.8, 4) is 11.1 Å². The Kier molecular flexibility index (Phi) is 3.67. The predicted octanol–water partition coefficient (Wildman–Crippen LogP) is 4.06. The molecule has 0 spiro atoms. The van der Waals surface area contributed by atoms with Crippen LogP contribution in [0.4, 0.5) is 0 Å². The van der Waals surface area contributed by atoms with E-state index >= 15 is 0 Å². The number of benzene rings is 2. The van der Waals surface area contributed by atoms with Crippen LogP contribution in [0.25, 0.3) is 21.9 Å². The van der Waals surface area contributed by atoms with E-state index in [1.807, 2.05) is 41.3 Å². The lowest BCUT2D eigenvalue weighted by Crippen LogP contribution is -2.03. The van der Waals surface area contributed by atoms with Crippen LogP contribution in [-0.2, 0) is 6.54 Å². The molecule has 112 valence electrons. The molecule has 0 atom stereocenters. The molecule has 0 saturated heterocycles. The van der Waals surface area contributed by atoms with E-state index in [0.29, 0.717) is 11.5 Å². The minimum atomic E-state index is -0.906. The van der Waals surface area contributed by atoms with E-state index in [9.17, 15) is 4.79 Å². The van der Waals surface area contributed by atoms with E-state index in [4.69, 9.17) is 5.11 Å². The van der Waals surface area contributed by atoms with Crippen molar-refractivity contribution in [2.24, 2.45) is 5.92 Å². The largest absolute Gasteiger partial charge is 0.478 e. The third kappa shape index (κ3) is 2.72. The summed E-state index contributed by atoms with van der Waals surface area (Å²) < 4.78 is 1.95. The van der Waals surface area contributed by atoms with Crippen LogP contribution in [0.1, 0.15) is 24.2 Å². The van der Waals surface area contributed by atoms with Gasteiger partial charge < -0.3 is 5.11 Å². The molecule has 0 aliphatic rings. The average molecular weight is 294 g/mol. The first-order valence-electron chi connectivity index (χ1n) is 7.33. The van der Waals surface area contributed by atoms with Gasteiger partial charge in [0.25, 0.3) is 0 Å². The van der Waals surface area contributed by atoms with Gasteiger partial charge in [-0.1, -0.05) is 38.1 Å². The number of hydrogen-bond donors (Lipinski definition) is 1. The van der Waals surface area contributed by atoms with Crippen molar-refractivity contribution in [3.05, 3.63) is 54.4 Å². The fourth-order valence-electron chi connectivity index (χ4n) is 2.65. The second-order valence-electron chi connectivity index (χ2n) is 5.89. The number of rotatable bonds is 4. The zero-order chi connectivity index (χ0) is 15.7. The Hall–Kier alpha value is -2.62. The first kappa shape index (κ1) is 14.3. The van der Waals surface area contributed by atoms with Gasteiger partial charge in [-0.25, -0.2) is 4.79 Å². The van der Waals surface area contributed by atoms with Crippen molar-refractivity contribution in [2.75, 3.05) is 0 Å². The van der Waals surface area contributed by atoms with Crippen LogP contribution in [0.15, 0.2) is 48.8 Å². The van der Waals surface area contributed by atoms with Gasteiger partial charge in [0.15, 0.2) is 0 Å². The van der Waals surface area contributed by atoms with Gasteiger partial charge in [0.05, 0.1) is 11.8 Å². The molecule has 3 rings (SSSR count). The van der Waals surface area contributed by atoms with Crippen molar-refractivity contribution in [1.82, 2.24) is 9.78 Å². The van der Waals surface area contributed by atoms with Crippen LogP contribution in [-0.4, -0.2) is 20.9 Å². The minimum Gasteiger partial charge on any atom is -0.478 e. The maximum atomic E-state index is 11.1. The van der Waals surface area contributed by atoms with Crippen molar-refractivity contribution in [3.63, 3.8) is 0 Å². The van der Waals surface area contributed by atoms with Gasteiger partial charge in [-0.15, -0.1) is 0 Å². The fraction of sp³-hybridized carbons (Fsp3) is 0.222. The van der Waals surface area contributed by atoms with Crippen LogP contribution in [0, 0.1) is 5.92 Å². The number of hydrogen-bond acceptors (Lipinski definition) is 2. The highest BCUT2D eigenvalue weighted by Crippen LogP contribution is 2.29. The first-order chi connectivity index (χ1) is 10.5. The Morgan fingerprint density at radius 3 is 2.82 bits per heavy atom. The van der Waals surface area contributed by atoms with E-state index in [1.54, 1.807) is 12.1 Å². The quantitative estimate of drug-likeness (QED) is 0.789. The zero-order valence-electron chi connectivity index (χ0n) is 12.7. The van der Waals surface area contributed by atoms with Gasteiger partial charge in [-0.05, 0) is 34.4 Å². The van der Waals surface area contributed by atoms with Gasteiger partial charge in [-0.3, -0.25) is 4.68 Å². The molecule has 22 heavy (non-hydrogen) atoms. The Morgan fingerprint density at radius 2 is 2.09 bits per heavy atom. The summed E-state index contributed by atoms with van der Waals surface area (Å²) in [6, 6.07) is 11.1. The molecule has 1 N–H and O–H groups in total. The lowest BCUT2D eigenvalue weighted by Gasteiger charge is -2.06. The number of nitrogens with zero attached hydrogens (tertiary/aromatic N) is 2. The topological polar surface area (TPSA) is 55.1 Å². The summed E-state index contributed by atoms with van der Waals surface area (Å²) in [6.45, 7) is 5.20. The second kappa shape index (κ2) is 5.64. The Morgan fingerprint density at radius 1 is 1.27 bits per heavy atom. The summed E-state index contributed by atoms with van der Waals surface area (Å²) >= 11 is 0. The number of carbonyl (C=O) groups is 1. The standard InChI is InChI=1S/C18H18N2O2/c1-12(2)10-20-11-15(9-19-20)16-5-3-4-13-8-14(18(21)22)6-7-17(13)16/h3-9,11-12H,10H2,1-2H3,(H,21,22).